The molecule has 1 aliphatic rings. The number of carbonyl (C=O) groups excluding carboxylic acids is 1. The summed E-state index contributed by atoms with van der Waals surface area (Å²) in [7, 11) is 2.15. The summed E-state index contributed by atoms with van der Waals surface area (Å²) >= 11 is 0. The third kappa shape index (κ3) is 4.87. The standard InChI is InChI=1S/C18H25N5O2/c1-22-10-8-15(9-11-22)23(12-7-14-5-3-2-4-6-14)13-16-20-18(17(19)24)21-25-16/h2-6,15H,7-13H2,1H3,(H2,19,24). The van der Waals surface area contributed by atoms with Gasteiger partial charge in [0, 0.05) is 12.6 Å². The van der Waals surface area contributed by atoms with Gasteiger partial charge in [0.25, 0.3) is 11.7 Å². The van der Waals surface area contributed by atoms with Gasteiger partial charge in [-0.25, -0.2) is 0 Å². The number of benzene rings is 1. The van der Waals surface area contributed by atoms with Gasteiger partial charge < -0.3 is 15.2 Å². The van der Waals surface area contributed by atoms with Gasteiger partial charge in [-0.15, -0.1) is 0 Å². The predicted octanol–water partition coefficient (Wildman–Crippen LogP) is 1.31. The Labute approximate surface area is 147 Å². The topological polar surface area (TPSA) is 88.5 Å². The van der Waals surface area contributed by atoms with Crippen LogP contribution in [-0.2, 0) is 13.0 Å². The first-order valence-corrected chi connectivity index (χ1v) is 8.70. The molecule has 2 aromatic rings. The monoisotopic (exact) mass is 343 g/mol. The van der Waals surface area contributed by atoms with E-state index >= 15 is 0 Å². The largest absolute Gasteiger partial charge is 0.363 e. The van der Waals surface area contributed by atoms with Crippen molar-refractivity contribution in [3.63, 3.8) is 0 Å². The number of nitrogens with zero attached hydrogens (tertiary/aromatic N) is 4. The van der Waals surface area contributed by atoms with Crippen molar-refractivity contribution in [3.8, 4) is 0 Å². The highest BCUT2D eigenvalue weighted by Crippen LogP contribution is 2.18. The van der Waals surface area contributed by atoms with Crippen molar-refractivity contribution in [1.29, 1.82) is 0 Å². The van der Waals surface area contributed by atoms with Crippen molar-refractivity contribution in [1.82, 2.24) is 19.9 Å². The summed E-state index contributed by atoms with van der Waals surface area (Å²) in [6.45, 7) is 3.62. The molecule has 0 saturated carbocycles. The van der Waals surface area contributed by atoms with Crippen LogP contribution in [0.3, 0.4) is 0 Å². The maximum absolute atomic E-state index is 11.2. The zero-order chi connectivity index (χ0) is 17.6. The Balaban J connectivity index is 1.67. The number of nitrogens with two attached hydrogens (primary N) is 1. The van der Waals surface area contributed by atoms with Gasteiger partial charge in [0.1, 0.15) is 0 Å². The molecule has 1 fully saturated rings. The fourth-order valence-corrected chi connectivity index (χ4v) is 3.26. The van der Waals surface area contributed by atoms with E-state index in [0.29, 0.717) is 18.5 Å². The lowest BCUT2D eigenvalue weighted by Crippen LogP contribution is -2.44. The molecule has 2 N–H and O–H groups in total. The molecule has 2 heterocycles. The summed E-state index contributed by atoms with van der Waals surface area (Å²) in [5.41, 5.74) is 6.52. The Morgan fingerprint density at radius 3 is 2.68 bits per heavy atom. The normalized spacial score (nSPS) is 16.4. The van der Waals surface area contributed by atoms with Crippen LogP contribution in [0, 0.1) is 0 Å². The molecular weight excluding hydrogens is 318 g/mol. The summed E-state index contributed by atoms with van der Waals surface area (Å²) in [6, 6.07) is 10.9. The second-order valence-electron chi connectivity index (χ2n) is 6.62. The molecule has 1 aliphatic heterocycles. The van der Waals surface area contributed by atoms with Crippen LogP contribution >= 0.6 is 0 Å². The van der Waals surface area contributed by atoms with Gasteiger partial charge in [0.2, 0.25) is 5.89 Å². The quantitative estimate of drug-likeness (QED) is 0.815. The zero-order valence-corrected chi connectivity index (χ0v) is 14.6. The molecule has 0 spiro atoms. The Kier molecular flexibility index (Phi) is 5.78. The van der Waals surface area contributed by atoms with E-state index in [2.05, 4.69) is 51.3 Å². The van der Waals surface area contributed by atoms with Crippen LogP contribution < -0.4 is 5.73 Å². The minimum atomic E-state index is -0.662. The minimum Gasteiger partial charge on any atom is -0.363 e. The third-order valence-corrected chi connectivity index (χ3v) is 4.76. The van der Waals surface area contributed by atoms with Crippen molar-refractivity contribution >= 4 is 5.91 Å². The van der Waals surface area contributed by atoms with Crippen LogP contribution in [0.25, 0.3) is 0 Å². The molecule has 1 aromatic carbocycles. The summed E-state index contributed by atoms with van der Waals surface area (Å²) in [4.78, 5) is 20.0. The van der Waals surface area contributed by atoms with Crippen molar-refractivity contribution in [2.24, 2.45) is 5.73 Å². The first kappa shape index (κ1) is 17.6. The molecule has 134 valence electrons. The number of hydrogen-bond acceptors (Lipinski definition) is 6. The number of likely N-dealkylation sites (tertiary alicyclic amines) is 1. The fraction of sp³-hybridized carbons (Fsp3) is 0.500. The highest BCUT2D eigenvalue weighted by atomic mass is 16.5. The summed E-state index contributed by atoms with van der Waals surface area (Å²) < 4.78 is 5.21. The lowest BCUT2D eigenvalue weighted by Gasteiger charge is -2.36. The van der Waals surface area contributed by atoms with E-state index in [1.807, 2.05) is 6.07 Å². The van der Waals surface area contributed by atoms with Crippen LogP contribution in [0.4, 0.5) is 0 Å². The lowest BCUT2D eigenvalue weighted by molar-refractivity contribution is 0.0987. The van der Waals surface area contributed by atoms with E-state index in [9.17, 15) is 4.79 Å². The molecule has 1 amide bonds. The van der Waals surface area contributed by atoms with Crippen LogP contribution in [0.1, 0.15) is 34.9 Å². The number of aromatic nitrogens is 2. The molecule has 25 heavy (non-hydrogen) atoms. The van der Waals surface area contributed by atoms with Crippen LogP contribution in [0.5, 0.6) is 0 Å². The van der Waals surface area contributed by atoms with Gasteiger partial charge in [0.15, 0.2) is 0 Å². The second-order valence-corrected chi connectivity index (χ2v) is 6.62. The molecule has 0 unspecified atom stereocenters. The number of piperidine rings is 1. The van der Waals surface area contributed by atoms with E-state index in [0.717, 1.165) is 38.9 Å². The predicted molar refractivity (Wildman–Crippen MR) is 93.9 cm³/mol. The molecule has 0 aliphatic carbocycles. The van der Waals surface area contributed by atoms with Gasteiger partial charge in [-0.05, 0) is 45.0 Å². The molecule has 0 radical (unpaired) electrons. The van der Waals surface area contributed by atoms with E-state index in [1.165, 1.54) is 5.56 Å². The number of rotatable bonds is 7. The van der Waals surface area contributed by atoms with Crippen LogP contribution in [-0.4, -0.2) is 58.6 Å². The molecule has 7 heteroatoms. The highest BCUT2D eigenvalue weighted by Gasteiger charge is 2.25. The maximum Gasteiger partial charge on any atom is 0.290 e. The summed E-state index contributed by atoms with van der Waals surface area (Å²) in [6.07, 6.45) is 3.19. The van der Waals surface area contributed by atoms with Crippen LogP contribution in [0.2, 0.25) is 0 Å². The van der Waals surface area contributed by atoms with Gasteiger partial charge in [-0.3, -0.25) is 9.69 Å². The van der Waals surface area contributed by atoms with E-state index in [4.69, 9.17) is 10.3 Å². The van der Waals surface area contributed by atoms with Crippen molar-refractivity contribution in [3.05, 3.63) is 47.6 Å². The molecule has 0 atom stereocenters. The van der Waals surface area contributed by atoms with Gasteiger partial charge in [-0.2, -0.15) is 4.98 Å². The molecule has 0 bridgehead atoms. The average Bonchev–Trinajstić information content (AvgIpc) is 3.09. The Morgan fingerprint density at radius 1 is 1.32 bits per heavy atom. The number of primary amides is 1. The molecule has 1 saturated heterocycles. The SMILES string of the molecule is CN1CCC(N(CCc2ccccc2)Cc2nc(C(N)=O)no2)CC1. The van der Waals surface area contributed by atoms with Crippen molar-refractivity contribution < 1.29 is 9.32 Å². The first-order chi connectivity index (χ1) is 12.1. The smallest absolute Gasteiger partial charge is 0.290 e. The number of carbonyl (C=O) groups is 1. The fourth-order valence-electron chi connectivity index (χ4n) is 3.26. The van der Waals surface area contributed by atoms with E-state index < -0.39 is 5.91 Å². The molecule has 7 nitrogen and oxygen atoms in total. The first-order valence-electron chi connectivity index (χ1n) is 8.70. The molecular formula is C18H25N5O2. The Hall–Kier alpha value is -2.25. The second kappa shape index (κ2) is 8.22. The Morgan fingerprint density at radius 2 is 2.04 bits per heavy atom. The van der Waals surface area contributed by atoms with Gasteiger partial charge in [-0.1, -0.05) is 35.5 Å². The van der Waals surface area contributed by atoms with Crippen LogP contribution in [0.15, 0.2) is 34.9 Å². The third-order valence-electron chi connectivity index (χ3n) is 4.76. The summed E-state index contributed by atoms with van der Waals surface area (Å²) in [5.74, 6) is -0.271. The minimum absolute atomic E-state index is 0.0543. The molecule has 3 rings (SSSR count). The molecule has 1 aromatic heterocycles. The average molecular weight is 343 g/mol. The number of amides is 1. The lowest BCUT2D eigenvalue weighted by atomic mass is 10.0. The van der Waals surface area contributed by atoms with Gasteiger partial charge >= 0.3 is 0 Å². The number of hydrogen-bond donors (Lipinski definition) is 1. The van der Waals surface area contributed by atoms with Crippen molar-refractivity contribution in [2.45, 2.75) is 31.8 Å². The highest BCUT2D eigenvalue weighted by molar-refractivity contribution is 5.88. The summed E-state index contributed by atoms with van der Waals surface area (Å²) in [5, 5.41) is 3.65. The van der Waals surface area contributed by atoms with E-state index in [-0.39, 0.29) is 5.82 Å². The van der Waals surface area contributed by atoms with Gasteiger partial charge in [0.05, 0.1) is 6.54 Å². The Bertz CT molecular complexity index is 680. The van der Waals surface area contributed by atoms with Crippen molar-refractivity contribution in [2.75, 3.05) is 26.7 Å². The zero-order valence-electron chi connectivity index (χ0n) is 14.6. The van der Waals surface area contributed by atoms with E-state index in [1.54, 1.807) is 0 Å². The maximum atomic E-state index is 11.2.